The molecule has 0 aliphatic rings. The van der Waals surface area contributed by atoms with Crippen molar-refractivity contribution in [2.24, 2.45) is 0 Å². The van der Waals surface area contributed by atoms with E-state index in [1.54, 1.807) is 30.9 Å². The molecule has 2 N–H and O–H groups in total. The minimum atomic E-state index is -0.824. The highest BCUT2D eigenvalue weighted by Gasteiger charge is 2.19. The zero-order chi connectivity index (χ0) is 20.2. The van der Waals surface area contributed by atoms with Crippen molar-refractivity contribution < 1.29 is 28.3 Å². The molecule has 1 aromatic rings. The SMILES string of the molecule is CCOC(=O)NC(=O)CN(CC)CC(=O)N(C)CC(=O)NCc1ccco1. The summed E-state index contributed by atoms with van der Waals surface area (Å²) in [5, 5.41) is 4.72. The van der Waals surface area contributed by atoms with Crippen molar-refractivity contribution in [1.29, 1.82) is 0 Å². The summed E-state index contributed by atoms with van der Waals surface area (Å²) in [5.41, 5.74) is 0. The van der Waals surface area contributed by atoms with Gasteiger partial charge in [-0.15, -0.1) is 0 Å². The fourth-order valence-electron chi connectivity index (χ4n) is 2.07. The van der Waals surface area contributed by atoms with E-state index in [9.17, 15) is 19.2 Å². The van der Waals surface area contributed by atoms with Crippen molar-refractivity contribution in [1.82, 2.24) is 20.4 Å². The molecule has 0 aliphatic heterocycles. The Morgan fingerprint density at radius 3 is 2.44 bits per heavy atom. The number of furan rings is 1. The molecule has 4 amide bonds. The van der Waals surface area contributed by atoms with Crippen LogP contribution in [0.25, 0.3) is 0 Å². The standard InChI is InChI=1S/C17H26N4O6/c1-4-21(11-15(23)19-17(25)26-5-2)12-16(24)20(3)10-14(22)18-9-13-7-6-8-27-13/h6-8H,4-5,9-12H2,1-3H3,(H,18,22)(H,19,23,25). The summed E-state index contributed by atoms with van der Waals surface area (Å²) >= 11 is 0. The van der Waals surface area contributed by atoms with Gasteiger partial charge in [-0.3, -0.25) is 24.6 Å². The van der Waals surface area contributed by atoms with Crippen molar-refractivity contribution in [2.75, 3.05) is 39.8 Å². The molecule has 0 fully saturated rings. The third kappa shape index (κ3) is 8.86. The highest BCUT2D eigenvalue weighted by atomic mass is 16.5. The van der Waals surface area contributed by atoms with E-state index in [0.29, 0.717) is 12.3 Å². The van der Waals surface area contributed by atoms with Crippen molar-refractivity contribution in [3.05, 3.63) is 24.2 Å². The molecule has 150 valence electrons. The zero-order valence-corrected chi connectivity index (χ0v) is 15.8. The molecule has 0 saturated heterocycles. The predicted molar refractivity (Wildman–Crippen MR) is 95.5 cm³/mol. The van der Waals surface area contributed by atoms with Crippen LogP contribution in [-0.2, 0) is 25.7 Å². The number of likely N-dealkylation sites (N-methyl/N-ethyl adjacent to an activating group) is 2. The summed E-state index contributed by atoms with van der Waals surface area (Å²) < 4.78 is 9.74. The quantitative estimate of drug-likeness (QED) is 0.582. The highest BCUT2D eigenvalue weighted by Crippen LogP contribution is 1.99. The van der Waals surface area contributed by atoms with E-state index in [0.717, 1.165) is 0 Å². The van der Waals surface area contributed by atoms with Crippen LogP contribution >= 0.6 is 0 Å². The van der Waals surface area contributed by atoms with Crippen LogP contribution in [0.4, 0.5) is 4.79 Å². The van der Waals surface area contributed by atoms with Gasteiger partial charge in [-0.2, -0.15) is 0 Å². The third-order valence-corrected chi connectivity index (χ3v) is 3.54. The minimum absolute atomic E-state index is 0.0608. The van der Waals surface area contributed by atoms with Gasteiger partial charge in [0.1, 0.15) is 5.76 Å². The molecule has 0 bridgehead atoms. The predicted octanol–water partition coefficient (Wildman–Crippen LogP) is -0.0512. The van der Waals surface area contributed by atoms with E-state index >= 15 is 0 Å². The van der Waals surface area contributed by atoms with E-state index in [1.807, 2.05) is 0 Å². The van der Waals surface area contributed by atoms with Crippen LogP contribution in [0.1, 0.15) is 19.6 Å². The number of hydrogen-bond donors (Lipinski definition) is 2. The maximum Gasteiger partial charge on any atom is 0.413 e. The normalized spacial score (nSPS) is 10.4. The second-order valence-corrected chi connectivity index (χ2v) is 5.68. The van der Waals surface area contributed by atoms with E-state index in [4.69, 9.17) is 4.42 Å². The number of carbonyl (C=O) groups is 4. The topological polar surface area (TPSA) is 121 Å². The molecule has 10 heteroatoms. The van der Waals surface area contributed by atoms with Crippen LogP contribution in [0.2, 0.25) is 0 Å². The van der Waals surface area contributed by atoms with Gasteiger partial charge in [-0.05, 0) is 25.6 Å². The lowest BCUT2D eigenvalue weighted by Crippen LogP contribution is -2.46. The molecule has 10 nitrogen and oxygen atoms in total. The average molecular weight is 382 g/mol. The number of hydrogen-bond acceptors (Lipinski definition) is 7. The van der Waals surface area contributed by atoms with Crippen molar-refractivity contribution in [3.63, 3.8) is 0 Å². The molecule has 1 aromatic heterocycles. The lowest BCUT2D eigenvalue weighted by atomic mass is 10.4. The number of amides is 4. The van der Waals surface area contributed by atoms with Crippen LogP contribution in [-0.4, -0.2) is 73.4 Å². The molecular weight excluding hydrogens is 356 g/mol. The molecule has 1 heterocycles. The maximum absolute atomic E-state index is 12.2. The van der Waals surface area contributed by atoms with Gasteiger partial charge in [0, 0.05) is 7.05 Å². The van der Waals surface area contributed by atoms with Crippen molar-refractivity contribution >= 4 is 23.8 Å². The molecule has 0 aromatic carbocycles. The molecule has 27 heavy (non-hydrogen) atoms. The Morgan fingerprint density at radius 1 is 1.11 bits per heavy atom. The Labute approximate surface area is 157 Å². The monoisotopic (exact) mass is 382 g/mol. The van der Waals surface area contributed by atoms with Gasteiger partial charge in [0.05, 0.1) is 39.0 Å². The molecule has 0 atom stereocenters. The summed E-state index contributed by atoms with van der Waals surface area (Å²) in [7, 11) is 1.50. The third-order valence-electron chi connectivity index (χ3n) is 3.54. The molecule has 0 aliphatic carbocycles. The number of imide groups is 1. The van der Waals surface area contributed by atoms with Gasteiger partial charge in [0.2, 0.25) is 17.7 Å². The van der Waals surface area contributed by atoms with Crippen LogP contribution in [0.5, 0.6) is 0 Å². The molecule has 0 unspecified atom stereocenters. The Hall–Kier alpha value is -2.88. The summed E-state index contributed by atoms with van der Waals surface area (Å²) in [5.74, 6) is -0.608. The second-order valence-electron chi connectivity index (χ2n) is 5.68. The smallest absolute Gasteiger partial charge is 0.413 e. The molecule has 0 spiro atoms. The van der Waals surface area contributed by atoms with Gasteiger partial charge < -0.3 is 19.4 Å². The summed E-state index contributed by atoms with van der Waals surface area (Å²) in [6.45, 7) is 3.90. The molecule has 0 saturated carbocycles. The van der Waals surface area contributed by atoms with E-state index < -0.39 is 12.0 Å². The van der Waals surface area contributed by atoms with Crippen LogP contribution < -0.4 is 10.6 Å². The summed E-state index contributed by atoms with van der Waals surface area (Å²) in [4.78, 5) is 50.0. The second kappa shape index (κ2) is 11.7. The number of nitrogens with zero attached hydrogens (tertiary/aromatic N) is 2. The Bertz CT molecular complexity index is 631. The highest BCUT2D eigenvalue weighted by molar-refractivity contribution is 5.93. The van der Waals surface area contributed by atoms with E-state index in [1.165, 1.54) is 18.2 Å². The number of ether oxygens (including phenoxy) is 1. The van der Waals surface area contributed by atoms with Crippen molar-refractivity contribution in [2.45, 2.75) is 20.4 Å². The number of nitrogens with one attached hydrogen (secondary N) is 2. The zero-order valence-electron chi connectivity index (χ0n) is 15.8. The largest absolute Gasteiger partial charge is 0.467 e. The van der Waals surface area contributed by atoms with Crippen molar-refractivity contribution in [3.8, 4) is 0 Å². The Morgan fingerprint density at radius 2 is 1.85 bits per heavy atom. The Kier molecular flexibility index (Phi) is 9.59. The summed E-state index contributed by atoms with van der Waals surface area (Å²) in [6, 6.07) is 3.45. The van der Waals surface area contributed by atoms with Gasteiger partial charge >= 0.3 is 6.09 Å². The number of alkyl carbamates (subject to hydrolysis) is 1. The van der Waals surface area contributed by atoms with E-state index in [-0.39, 0.29) is 44.6 Å². The van der Waals surface area contributed by atoms with Crippen LogP contribution in [0.15, 0.2) is 22.8 Å². The summed E-state index contributed by atoms with van der Waals surface area (Å²) in [6.07, 6.45) is 0.685. The first-order valence-electron chi connectivity index (χ1n) is 8.57. The van der Waals surface area contributed by atoms with Gasteiger partial charge in [0.25, 0.3) is 0 Å². The lowest BCUT2D eigenvalue weighted by Gasteiger charge is -2.23. The van der Waals surface area contributed by atoms with Crippen LogP contribution in [0, 0.1) is 0 Å². The van der Waals surface area contributed by atoms with Crippen LogP contribution in [0.3, 0.4) is 0 Å². The lowest BCUT2D eigenvalue weighted by molar-refractivity contribution is -0.136. The maximum atomic E-state index is 12.2. The fraction of sp³-hybridized carbons (Fsp3) is 0.529. The minimum Gasteiger partial charge on any atom is -0.467 e. The number of rotatable bonds is 10. The molecular formula is C17H26N4O6. The first-order valence-corrected chi connectivity index (χ1v) is 8.57. The fourth-order valence-corrected chi connectivity index (χ4v) is 2.07. The first-order chi connectivity index (χ1) is 12.8. The van der Waals surface area contributed by atoms with Gasteiger partial charge in [0.15, 0.2) is 0 Å². The number of carbonyl (C=O) groups excluding carboxylic acids is 4. The average Bonchev–Trinajstić information content (AvgIpc) is 3.12. The molecule has 0 radical (unpaired) electrons. The van der Waals surface area contributed by atoms with E-state index in [2.05, 4.69) is 15.4 Å². The van der Waals surface area contributed by atoms with Gasteiger partial charge in [-0.25, -0.2) is 4.79 Å². The molecule has 1 rings (SSSR count). The Balaban J connectivity index is 2.38. The first kappa shape index (κ1) is 22.2. The van der Waals surface area contributed by atoms with Gasteiger partial charge in [-0.1, -0.05) is 6.92 Å².